The summed E-state index contributed by atoms with van der Waals surface area (Å²) in [6, 6.07) is 6.68. The Morgan fingerprint density at radius 2 is 2.27 bits per heavy atom. The van der Waals surface area contributed by atoms with E-state index in [-0.39, 0.29) is 5.56 Å². The molecule has 0 bridgehead atoms. The Kier molecular flexibility index (Phi) is 2.25. The summed E-state index contributed by atoms with van der Waals surface area (Å²) in [4.78, 5) is 18.0. The van der Waals surface area contributed by atoms with Crippen LogP contribution in [0, 0.1) is 6.92 Å². The van der Waals surface area contributed by atoms with Crippen molar-refractivity contribution >= 4 is 5.97 Å². The van der Waals surface area contributed by atoms with E-state index in [4.69, 9.17) is 5.11 Å². The first-order chi connectivity index (χ1) is 7.16. The number of aromatic nitrogens is 2. The van der Waals surface area contributed by atoms with Gasteiger partial charge in [-0.2, -0.15) is 0 Å². The third kappa shape index (κ3) is 1.88. The third-order valence-electron chi connectivity index (χ3n) is 2.09. The van der Waals surface area contributed by atoms with E-state index in [1.165, 1.54) is 0 Å². The summed E-state index contributed by atoms with van der Waals surface area (Å²) in [5.41, 5.74) is 2.00. The maximum Gasteiger partial charge on any atom is 0.335 e. The third-order valence-corrected chi connectivity index (χ3v) is 2.09. The molecule has 0 aliphatic heterocycles. The van der Waals surface area contributed by atoms with Gasteiger partial charge < -0.3 is 10.1 Å². The van der Waals surface area contributed by atoms with Gasteiger partial charge in [-0.3, -0.25) is 0 Å². The molecule has 0 fully saturated rings. The lowest BCUT2D eigenvalue weighted by Crippen LogP contribution is -1.96. The molecule has 76 valence electrons. The molecule has 1 heterocycles. The normalized spacial score (nSPS) is 10.2. The van der Waals surface area contributed by atoms with Crippen molar-refractivity contribution in [3.05, 3.63) is 41.7 Å². The predicted octanol–water partition coefficient (Wildman–Crippen LogP) is 2.08. The number of carboxylic acid groups (broad SMARTS) is 1. The molecule has 0 radical (unpaired) electrons. The number of H-pyrrole nitrogens is 1. The minimum atomic E-state index is -0.930. The number of hydrogen-bond donors (Lipinski definition) is 2. The fourth-order valence-corrected chi connectivity index (χ4v) is 1.36. The largest absolute Gasteiger partial charge is 0.478 e. The van der Waals surface area contributed by atoms with Crippen molar-refractivity contribution in [2.24, 2.45) is 0 Å². The number of imidazole rings is 1. The zero-order valence-electron chi connectivity index (χ0n) is 8.19. The Balaban J connectivity index is 2.45. The van der Waals surface area contributed by atoms with Crippen molar-refractivity contribution < 1.29 is 9.90 Å². The molecule has 0 saturated heterocycles. The van der Waals surface area contributed by atoms with Gasteiger partial charge in [0.25, 0.3) is 0 Å². The van der Waals surface area contributed by atoms with Crippen LogP contribution in [0.1, 0.15) is 16.1 Å². The highest BCUT2D eigenvalue weighted by Gasteiger charge is 2.06. The molecule has 2 N–H and O–H groups in total. The van der Waals surface area contributed by atoms with E-state index in [1.54, 1.807) is 24.4 Å². The molecule has 0 aliphatic carbocycles. The Labute approximate surface area is 86.6 Å². The minimum absolute atomic E-state index is 0.265. The molecule has 4 heteroatoms. The van der Waals surface area contributed by atoms with Gasteiger partial charge in [0, 0.05) is 17.5 Å². The van der Waals surface area contributed by atoms with Crippen molar-refractivity contribution in [1.29, 1.82) is 0 Å². The predicted molar refractivity (Wildman–Crippen MR) is 55.7 cm³/mol. The maximum atomic E-state index is 10.8. The Hall–Kier alpha value is -2.10. The molecule has 2 rings (SSSR count). The van der Waals surface area contributed by atoms with Gasteiger partial charge in [0.15, 0.2) is 0 Å². The highest BCUT2D eigenvalue weighted by atomic mass is 16.4. The second-order valence-corrected chi connectivity index (χ2v) is 3.30. The highest BCUT2D eigenvalue weighted by Crippen LogP contribution is 2.16. The number of carboxylic acids is 1. The van der Waals surface area contributed by atoms with Gasteiger partial charge in [-0.1, -0.05) is 12.1 Å². The van der Waals surface area contributed by atoms with Crippen molar-refractivity contribution in [2.45, 2.75) is 6.92 Å². The topological polar surface area (TPSA) is 66.0 Å². The summed E-state index contributed by atoms with van der Waals surface area (Å²) in [6.07, 6.45) is 1.71. The van der Waals surface area contributed by atoms with Crippen LogP contribution in [0.3, 0.4) is 0 Å². The summed E-state index contributed by atoms with van der Waals surface area (Å²) in [7, 11) is 0. The number of aromatic carboxylic acids is 1. The molecule has 0 saturated carbocycles. The Morgan fingerprint density at radius 1 is 1.47 bits per heavy atom. The number of hydrogen-bond acceptors (Lipinski definition) is 2. The molecule has 1 aromatic heterocycles. The first-order valence-electron chi connectivity index (χ1n) is 4.52. The summed E-state index contributed by atoms with van der Waals surface area (Å²) < 4.78 is 0. The van der Waals surface area contributed by atoms with Crippen LogP contribution < -0.4 is 0 Å². The van der Waals surface area contributed by atoms with Gasteiger partial charge in [-0.25, -0.2) is 9.78 Å². The standard InChI is InChI=1S/C11H10N2O2/c1-7-6-12-10(13-7)8-3-2-4-9(5-8)11(14)15/h2-6H,1H3,(H,12,13)(H,14,15). The number of nitrogens with zero attached hydrogens (tertiary/aromatic N) is 1. The van der Waals surface area contributed by atoms with E-state index in [1.807, 2.05) is 13.0 Å². The SMILES string of the molecule is Cc1cnc(-c2cccc(C(=O)O)c2)[nH]1. The van der Waals surface area contributed by atoms with E-state index in [0.29, 0.717) is 5.82 Å². The average Bonchev–Trinajstić information content (AvgIpc) is 2.65. The zero-order chi connectivity index (χ0) is 10.8. The fraction of sp³-hybridized carbons (Fsp3) is 0.0909. The number of aryl methyl sites for hydroxylation is 1. The lowest BCUT2D eigenvalue weighted by Gasteiger charge is -1.98. The number of nitrogens with one attached hydrogen (secondary N) is 1. The van der Waals surface area contributed by atoms with E-state index in [0.717, 1.165) is 11.3 Å². The van der Waals surface area contributed by atoms with E-state index in [2.05, 4.69) is 9.97 Å². The van der Waals surface area contributed by atoms with Gasteiger partial charge in [0.05, 0.1) is 5.56 Å². The Morgan fingerprint density at radius 3 is 2.87 bits per heavy atom. The molecule has 0 amide bonds. The van der Waals surface area contributed by atoms with E-state index in [9.17, 15) is 4.79 Å². The molecule has 0 aliphatic rings. The van der Waals surface area contributed by atoms with Crippen molar-refractivity contribution in [1.82, 2.24) is 9.97 Å². The molecular weight excluding hydrogens is 192 g/mol. The lowest BCUT2D eigenvalue weighted by atomic mass is 10.1. The monoisotopic (exact) mass is 202 g/mol. The smallest absolute Gasteiger partial charge is 0.335 e. The van der Waals surface area contributed by atoms with Crippen LogP contribution >= 0.6 is 0 Å². The summed E-state index contributed by atoms with van der Waals surface area (Å²) in [6.45, 7) is 1.90. The van der Waals surface area contributed by atoms with Crippen LogP contribution in [0.25, 0.3) is 11.4 Å². The molecule has 1 aromatic carbocycles. The number of aromatic amines is 1. The van der Waals surface area contributed by atoms with Gasteiger partial charge in [0.1, 0.15) is 5.82 Å². The second-order valence-electron chi connectivity index (χ2n) is 3.30. The van der Waals surface area contributed by atoms with Crippen molar-refractivity contribution in [3.8, 4) is 11.4 Å². The fourth-order valence-electron chi connectivity index (χ4n) is 1.36. The molecule has 0 unspecified atom stereocenters. The molecule has 0 atom stereocenters. The first-order valence-corrected chi connectivity index (χ1v) is 4.52. The molecule has 0 spiro atoms. The summed E-state index contributed by atoms with van der Waals surface area (Å²) in [5.74, 6) is -0.240. The quantitative estimate of drug-likeness (QED) is 0.783. The second kappa shape index (κ2) is 3.57. The summed E-state index contributed by atoms with van der Waals surface area (Å²) >= 11 is 0. The highest BCUT2D eigenvalue weighted by molar-refractivity contribution is 5.89. The average molecular weight is 202 g/mol. The van der Waals surface area contributed by atoms with Crippen molar-refractivity contribution in [2.75, 3.05) is 0 Å². The van der Waals surface area contributed by atoms with Crippen LogP contribution in [0.4, 0.5) is 0 Å². The van der Waals surface area contributed by atoms with Gasteiger partial charge >= 0.3 is 5.97 Å². The van der Waals surface area contributed by atoms with Crippen LogP contribution in [-0.4, -0.2) is 21.0 Å². The van der Waals surface area contributed by atoms with E-state index < -0.39 is 5.97 Å². The van der Waals surface area contributed by atoms with Gasteiger partial charge in [-0.05, 0) is 19.1 Å². The van der Waals surface area contributed by atoms with Crippen molar-refractivity contribution in [3.63, 3.8) is 0 Å². The van der Waals surface area contributed by atoms with E-state index >= 15 is 0 Å². The molecule has 2 aromatic rings. The summed E-state index contributed by atoms with van der Waals surface area (Å²) in [5, 5.41) is 8.83. The van der Waals surface area contributed by atoms with Crippen LogP contribution in [-0.2, 0) is 0 Å². The minimum Gasteiger partial charge on any atom is -0.478 e. The maximum absolute atomic E-state index is 10.8. The molecule has 4 nitrogen and oxygen atoms in total. The van der Waals surface area contributed by atoms with Crippen LogP contribution in [0.5, 0.6) is 0 Å². The Bertz CT molecular complexity index is 503. The molecular formula is C11H10N2O2. The van der Waals surface area contributed by atoms with Crippen LogP contribution in [0.2, 0.25) is 0 Å². The van der Waals surface area contributed by atoms with Gasteiger partial charge in [-0.15, -0.1) is 0 Å². The van der Waals surface area contributed by atoms with Crippen LogP contribution in [0.15, 0.2) is 30.5 Å². The zero-order valence-corrected chi connectivity index (χ0v) is 8.19. The number of rotatable bonds is 2. The first kappa shape index (κ1) is 9.45. The molecule has 15 heavy (non-hydrogen) atoms. The van der Waals surface area contributed by atoms with Gasteiger partial charge in [0.2, 0.25) is 0 Å². The number of benzene rings is 1. The number of carbonyl (C=O) groups is 1. The lowest BCUT2D eigenvalue weighted by molar-refractivity contribution is 0.0697.